The molecule has 2 saturated heterocycles. The zero-order valence-corrected chi connectivity index (χ0v) is 17.9. The summed E-state index contributed by atoms with van der Waals surface area (Å²) < 4.78 is 22.1. The highest BCUT2D eigenvalue weighted by Gasteiger charge is 2.53. The van der Waals surface area contributed by atoms with E-state index in [-0.39, 0.29) is 6.42 Å². The largest absolute Gasteiger partial charge is 0.396 e. The van der Waals surface area contributed by atoms with Crippen LogP contribution in [0.1, 0.15) is 13.3 Å². The predicted octanol–water partition coefficient (Wildman–Crippen LogP) is -5.88. The molecule has 3 fully saturated rings. The molecule has 1 saturated carbocycles. The maximum absolute atomic E-state index is 10.6. The molecule has 0 aromatic heterocycles. The van der Waals surface area contributed by atoms with Gasteiger partial charge < -0.3 is 70.0 Å². The van der Waals surface area contributed by atoms with Gasteiger partial charge in [0.25, 0.3) is 0 Å². The van der Waals surface area contributed by atoms with Crippen molar-refractivity contribution < 1.29 is 70.0 Å². The highest BCUT2D eigenvalue weighted by Crippen LogP contribution is 2.34. The highest BCUT2D eigenvalue weighted by molar-refractivity contribution is 4.97. The standard InChI is InChI=1S/C19H34O14/c1-5-9(23)12(26)15(29)18(30-5)33-17-14(28)11(25)8(4-21)31-19(17)32-16-6(3-20)2-7(22)10(24)13(16)27/h5-29H,2-4H2,1H3/t5?,6?,7?,8?,9-,10?,11+,12+,13-,14+,15?,16-,17?,18+,19+/m1/s1. The molecule has 1 aliphatic carbocycles. The Morgan fingerprint density at radius 3 is 1.85 bits per heavy atom. The normalized spacial score (nSPS) is 53.7. The molecule has 15 atom stereocenters. The van der Waals surface area contributed by atoms with E-state index >= 15 is 0 Å². The number of hydrogen-bond donors (Lipinski definition) is 10. The summed E-state index contributed by atoms with van der Waals surface area (Å²) in [6, 6.07) is 0. The van der Waals surface area contributed by atoms with Crippen LogP contribution in [-0.2, 0) is 18.9 Å². The fourth-order valence-corrected chi connectivity index (χ4v) is 4.40. The van der Waals surface area contributed by atoms with E-state index in [0.29, 0.717) is 0 Å². The number of rotatable bonds is 6. The van der Waals surface area contributed by atoms with Crippen LogP contribution in [0.15, 0.2) is 0 Å². The van der Waals surface area contributed by atoms with Gasteiger partial charge in [0, 0.05) is 12.5 Å². The van der Waals surface area contributed by atoms with Crippen LogP contribution < -0.4 is 0 Å². The summed E-state index contributed by atoms with van der Waals surface area (Å²) in [6.07, 6.45) is -21.4. The molecule has 0 bridgehead atoms. The van der Waals surface area contributed by atoms with Crippen molar-refractivity contribution in [2.45, 2.75) is 99.2 Å². The molecule has 194 valence electrons. The van der Waals surface area contributed by atoms with Crippen molar-refractivity contribution in [3.63, 3.8) is 0 Å². The van der Waals surface area contributed by atoms with Crippen LogP contribution in [-0.4, -0.2) is 150 Å². The van der Waals surface area contributed by atoms with E-state index in [1.165, 1.54) is 6.92 Å². The molecule has 0 amide bonds. The Kier molecular flexibility index (Phi) is 9.02. The van der Waals surface area contributed by atoms with Gasteiger partial charge >= 0.3 is 0 Å². The maximum Gasteiger partial charge on any atom is 0.187 e. The van der Waals surface area contributed by atoms with Gasteiger partial charge in [0.05, 0.1) is 24.9 Å². The van der Waals surface area contributed by atoms with Crippen LogP contribution in [0.3, 0.4) is 0 Å². The minimum Gasteiger partial charge on any atom is -0.396 e. The third-order valence-corrected chi connectivity index (χ3v) is 6.54. The lowest BCUT2D eigenvalue weighted by Crippen LogP contribution is -2.65. The average Bonchev–Trinajstić information content (AvgIpc) is 2.80. The van der Waals surface area contributed by atoms with Crippen molar-refractivity contribution in [2.75, 3.05) is 13.2 Å². The lowest BCUT2D eigenvalue weighted by molar-refractivity contribution is -0.376. The first-order valence-electron chi connectivity index (χ1n) is 10.8. The van der Waals surface area contributed by atoms with Crippen molar-refractivity contribution in [2.24, 2.45) is 5.92 Å². The molecule has 0 spiro atoms. The van der Waals surface area contributed by atoms with E-state index in [1.54, 1.807) is 0 Å². The summed E-state index contributed by atoms with van der Waals surface area (Å²) >= 11 is 0. The third-order valence-electron chi connectivity index (χ3n) is 6.54. The number of ether oxygens (including phenoxy) is 4. The van der Waals surface area contributed by atoms with E-state index in [2.05, 4.69) is 0 Å². The molecule has 7 unspecified atom stereocenters. The average molecular weight is 486 g/mol. The van der Waals surface area contributed by atoms with Crippen LogP contribution in [0.25, 0.3) is 0 Å². The molecule has 3 rings (SSSR count). The van der Waals surface area contributed by atoms with Crippen LogP contribution >= 0.6 is 0 Å². The molecule has 14 heteroatoms. The first kappa shape index (κ1) is 27.0. The van der Waals surface area contributed by atoms with Gasteiger partial charge in [-0.25, -0.2) is 0 Å². The number of aliphatic hydroxyl groups is 10. The van der Waals surface area contributed by atoms with E-state index in [0.717, 1.165) is 0 Å². The van der Waals surface area contributed by atoms with Crippen LogP contribution in [0.2, 0.25) is 0 Å². The summed E-state index contributed by atoms with van der Waals surface area (Å²) in [5, 5.41) is 100. The van der Waals surface area contributed by atoms with Crippen LogP contribution in [0.4, 0.5) is 0 Å². The van der Waals surface area contributed by atoms with Gasteiger partial charge in [0.15, 0.2) is 12.6 Å². The Hall–Kier alpha value is -0.560. The Bertz CT molecular complexity index is 623. The number of aliphatic hydroxyl groups excluding tert-OH is 10. The molecule has 14 nitrogen and oxygen atoms in total. The van der Waals surface area contributed by atoms with E-state index in [9.17, 15) is 51.1 Å². The molecule has 0 radical (unpaired) electrons. The smallest absolute Gasteiger partial charge is 0.187 e. The monoisotopic (exact) mass is 486 g/mol. The summed E-state index contributed by atoms with van der Waals surface area (Å²) in [7, 11) is 0. The molecule has 2 aliphatic heterocycles. The summed E-state index contributed by atoms with van der Waals surface area (Å²) in [5.41, 5.74) is 0. The Balaban J connectivity index is 1.83. The van der Waals surface area contributed by atoms with Crippen LogP contribution in [0.5, 0.6) is 0 Å². The van der Waals surface area contributed by atoms with Gasteiger partial charge in [-0.1, -0.05) is 0 Å². The Labute approximate surface area is 189 Å². The lowest BCUT2D eigenvalue weighted by atomic mass is 9.81. The molecule has 10 N–H and O–H groups in total. The quantitative estimate of drug-likeness (QED) is 0.168. The van der Waals surface area contributed by atoms with Crippen LogP contribution in [0, 0.1) is 5.92 Å². The van der Waals surface area contributed by atoms with Crippen molar-refractivity contribution in [1.29, 1.82) is 0 Å². The van der Waals surface area contributed by atoms with Crippen molar-refractivity contribution in [1.82, 2.24) is 0 Å². The lowest BCUT2D eigenvalue weighted by Gasteiger charge is -2.48. The fourth-order valence-electron chi connectivity index (χ4n) is 4.40. The summed E-state index contributed by atoms with van der Waals surface area (Å²) in [5.74, 6) is -0.854. The van der Waals surface area contributed by atoms with E-state index < -0.39 is 105 Å². The second-order valence-electron chi connectivity index (χ2n) is 8.82. The zero-order chi connectivity index (χ0) is 24.6. The van der Waals surface area contributed by atoms with Gasteiger partial charge in [-0.2, -0.15) is 0 Å². The molecule has 33 heavy (non-hydrogen) atoms. The highest BCUT2D eigenvalue weighted by atomic mass is 16.8. The van der Waals surface area contributed by atoms with Crippen molar-refractivity contribution in [3.8, 4) is 0 Å². The third kappa shape index (κ3) is 5.34. The van der Waals surface area contributed by atoms with Gasteiger partial charge in [0.1, 0.15) is 54.9 Å². The second-order valence-corrected chi connectivity index (χ2v) is 8.82. The van der Waals surface area contributed by atoms with Gasteiger partial charge in [-0.05, 0) is 13.3 Å². The van der Waals surface area contributed by atoms with Crippen molar-refractivity contribution >= 4 is 0 Å². The Morgan fingerprint density at radius 2 is 1.24 bits per heavy atom. The fraction of sp³-hybridized carbons (Fsp3) is 1.00. The first-order chi connectivity index (χ1) is 15.5. The topological polar surface area (TPSA) is 239 Å². The Morgan fingerprint density at radius 1 is 0.636 bits per heavy atom. The summed E-state index contributed by atoms with van der Waals surface area (Å²) in [4.78, 5) is 0. The molecule has 3 aliphatic rings. The maximum atomic E-state index is 10.6. The molecule has 0 aromatic carbocycles. The van der Waals surface area contributed by atoms with E-state index in [1.807, 2.05) is 0 Å². The van der Waals surface area contributed by atoms with Crippen molar-refractivity contribution in [3.05, 3.63) is 0 Å². The minimum absolute atomic E-state index is 0.127. The molecular formula is C19H34O14. The molecule has 2 heterocycles. The SMILES string of the molecule is CC1O[C@@H](OC2[C@H](O[C@@H]3C(CO)CC(O)C(O)[C@H]3O)OC(CO)[C@H](O)[C@@H]2O)C(O)[C@@H](O)[C@@H]1O. The molecule has 0 aromatic rings. The number of hydrogen-bond acceptors (Lipinski definition) is 14. The first-order valence-corrected chi connectivity index (χ1v) is 10.8. The van der Waals surface area contributed by atoms with Gasteiger partial charge in [-0.15, -0.1) is 0 Å². The second kappa shape index (κ2) is 11.0. The predicted molar refractivity (Wildman–Crippen MR) is 103 cm³/mol. The van der Waals surface area contributed by atoms with Gasteiger partial charge in [-0.3, -0.25) is 0 Å². The van der Waals surface area contributed by atoms with E-state index in [4.69, 9.17) is 18.9 Å². The zero-order valence-electron chi connectivity index (χ0n) is 17.9. The minimum atomic E-state index is -1.76. The molecular weight excluding hydrogens is 452 g/mol. The summed E-state index contributed by atoms with van der Waals surface area (Å²) in [6.45, 7) is 0.142. The van der Waals surface area contributed by atoms with Gasteiger partial charge in [0.2, 0.25) is 0 Å².